The number of hydrogen-bond donors (Lipinski definition) is 2. The molecule has 8 heteroatoms. The summed E-state index contributed by atoms with van der Waals surface area (Å²) in [6, 6.07) is 26.7. The first-order valence-corrected chi connectivity index (χ1v) is 12.1. The molecule has 190 valence electrons. The topological polar surface area (TPSA) is 116 Å². The fraction of sp³-hybridized carbons (Fsp3) is 0.133. The number of imide groups is 1. The van der Waals surface area contributed by atoms with E-state index in [0.717, 1.165) is 27.5 Å². The molecule has 1 atom stereocenters. The van der Waals surface area contributed by atoms with Gasteiger partial charge in [0.25, 0.3) is 5.91 Å². The first kappa shape index (κ1) is 24.7. The van der Waals surface area contributed by atoms with Gasteiger partial charge in [-0.05, 0) is 64.2 Å². The highest BCUT2D eigenvalue weighted by Crippen LogP contribution is 2.39. The Morgan fingerprint density at radius 1 is 0.895 bits per heavy atom. The SMILES string of the molecule is CC1(c2cccc(C(=O)O)c2)C(=O)N(Cc2ccc3ccc(C=NN)cc3c2)C(=O)N1Cc1ccccc1. The van der Waals surface area contributed by atoms with Crippen LogP contribution in [0.3, 0.4) is 0 Å². The van der Waals surface area contributed by atoms with E-state index in [1.807, 2.05) is 66.7 Å². The van der Waals surface area contributed by atoms with Crippen LogP contribution in [0.1, 0.15) is 39.5 Å². The lowest BCUT2D eigenvalue weighted by atomic mass is 9.88. The van der Waals surface area contributed by atoms with Gasteiger partial charge in [-0.3, -0.25) is 9.69 Å². The number of carboxylic acid groups (broad SMARTS) is 1. The van der Waals surface area contributed by atoms with Crippen molar-refractivity contribution >= 4 is 34.9 Å². The van der Waals surface area contributed by atoms with Gasteiger partial charge < -0.3 is 15.8 Å². The molecule has 1 aliphatic heterocycles. The van der Waals surface area contributed by atoms with E-state index < -0.39 is 23.4 Å². The van der Waals surface area contributed by atoms with Crippen LogP contribution in [0.25, 0.3) is 10.8 Å². The van der Waals surface area contributed by atoms with Crippen LogP contribution in [-0.4, -0.2) is 39.0 Å². The average Bonchev–Trinajstić information content (AvgIpc) is 3.10. The molecule has 1 aliphatic rings. The number of rotatable bonds is 7. The number of hydrazone groups is 1. The normalized spacial score (nSPS) is 17.6. The maximum absolute atomic E-state index is 14.0. The predicted octanol–water partition coefficient (Wildman–Crippen LogP) is 4.71. The van der Waals surface area contributed by atoms with E-state index in [0.29, 0.717) is 5.56 Å². The van der Waals surface area contributed by atoms with Crippen molar-refractivity contribution in [2.45, 2.75) is 25.6 Å². The maximum Gasteiger partial charge on any atom is 0.335 e. The molecule has 3 amide bonds. The van der Waals surface area contributed by atoms with Crippen molar-refractivity contribution in [2.24, 2.45) is 10.9 Å². The summed E-state index contributed by atoms with van der Waals surface area (Å²) in [5.41, 5.74) is 1.58. The molecule has 0 bridgehead atoms. The highest BCUT2D eigenvalue weighted by molar-refractivity contribution is 6.07. The van der Waals surface area contributed by atoms with Crippen LogP contribution < -0.4 is 5.84 Å². The minimum atomic E-state index is -1.39. The van der Waals surface area contributed by atoms with Crippen LogP contribution >= 0.6 is 0 Å². The second-order valence-corrected chi connectivity index (χ2v) is 9.42. The minimum absolute atomic E-state index is 0.0495. The van der Waals surface area contributed by atoms with Crippen LogP contribution in [-0.2, 0) is 23.4 Å². The number of aromatic carboxylic acids is 1. The van der Waals surface area contributed by atoms with Crippen molar-refractivity contribution in [1.82, 2.24) is 9.80 Å². The lowest BCUT2D eigenvalue weighted by molar-refractivity contribution is -0.133. The first-order chi connectivity index (χ1) is 18.3. The van der Waals surface area contributed by atoms with Crippen LogP contribution in [0.15, 0.2) is 96.1 Å². The molecule has 8 nitrogen and oxygen atoms in total. The fourth-order valence-electron chi connectivity index (χ4n) is 4.93. The molecular weight excluding hydrogens is 480 g/mol. The number of urea groups is 1. The largest absolute Gasteiger partial charge is 0.478 e. The van der Waals surface area contributed by atoms with E-state index in [4.69, 9.17) is 5.84 Å². The molecule has 0 saturated carbocycles. The van der Waals surface area contributed by atoms with Crippen molar-refractivity contribution in [3.8, 4) is 0 Å². The molecule has 5 rings (SSSR count). The zero-order chi connectivity index (χ0) is 26.9. The van der Waals surface area contributed by atoms with Gasteiger partial charge in [0.05, 0.1) is 18.3 Å². The molecule has 1 fully saturated rings. The zero-order valence-corrected chi connectivity index (χ0v) is 20.7. The van der Waals surface area contributed by atoms with Gasteiger partial charge in [-0.15, -0.1) is 0 Å². The maximum atomic E-state index is 14.0. The van der Waals surface area contributed by atoms with Crippen molar-refractivity contribution in [3.63, 3.8) is 0 Å². The van der Waals surface area contributed by atoms with Gasteiger partial charge in [0.1, 0.15) is 5.54 Å². The molecule has 1 saturated heterocycles. The number of nitrogens with two attached hydrogens (primary N) is 1. The van der Waals surface area contributed by atoms with Gasteiger partial charge >= 0.3 is 12.0 Å². The Morgan fingerprint density at radius 3 is 2.39 bits per heavy atom. The van der Waals surface area contributed by atoms with Gasteiger partial charge in [0.2, 0.25) is 0 Å². The number of nitrogens with zero attached hydrogens (tertiary/aromatic N) is 3. The molecule has 4 aromatic rings. The van der Waals surface area contributed by atoms with Crippen molar-refractivity contribution in [2.75, 3.05) is 0 Å². The first-order valence-electron chi connectivity index (χ1n) is 12.1. The van der Waals surface area contributed by atoms with Crippen molar-refractivity contribution in [3.05, 3.63) is 119 Å². The van der Waals surface area contributed by atoms with E-state index in [2.05, 4.69) is 5.10 Å². The zero-order valence-electron chi connectivity index (χ0n) is 20.7. The summed E-state index contributed by atoms with van der Waals surface area (Å²) in [4.78, 5) is 42.3. The highest BCUT2D eigenvalue weighted by Gasteiger charge is 2.55. The number of fused-ring (bicyclic) bond motifs is 1. The summed E-state index contributed by atoms with van der Waals surface area (Å²) in [6.45, 7) is 1.94. The van der Waals surface area contributed by atoms with Gasteiger partial charge in [-0.25, -0.2) is 9.59 Å². The summed E-state index contributed by atoms with van der Waals surface area (Å²) in [5.74, 6) is 3.78. The molecular formula is C30H26N4O4. The Balaban J connectivity index is 1.55. The standard InChI is InChI=1S/C30H26N4O4/c1-30(26-9-5-8-24(16-26)27(35)36)28(37)33(29(38)34(30)19-20-6-3-2-4-7-20)18-22-11-13-23-12-10-21(17-32-31)14-25(23)15-22/h2-17H,18-19,31H2,1H3,(H,35,36). The Morgan fingerprint density at radius 2 is 1.66 bits per heavy atom. The third kappa shape index (κ3) is 4.37. The number of carbonyl (C=O) groups is 3. The van der Waals surface area contributed by atoms with Crippen LogP contribution in [0.2, 0.25) is 0 Å². The quantitative estimate of drug-likeness (QED) is 0.163. The Labute approximate surface area is 219 Å². The van der Waals surface area contributed by atoms with E-state index in [1.165, 1.54) is 21.9 Å². The summed E-state index contributed by atoms with van der Waals surface area (Å²) in [5, 5.41) is 15.1. The third-order valence-corrected chi connectivity index (χ3v) is 7.01. The number of amides is 3. The summed E-state index contributed by atoms with van der Waals surface area (Å²) in [7, 11) is 0. The van der Waals surface area contributed by atoms with E-state index >= 15 is 0 Å². The van der Waals surface area contributed by atoms with E-state index in [1.54, 1.807) is 25.3 Å². The second kappa shape index (κ2) is 9.82. The van der Waals surface area contributed by atoms with Crippen LogP contribution in [0, 0.1) is 0 Å². The predicted molar refractivity (Wildman–Crippen MR) is 144 cm³/mol. The van der Waals surface area contributed by atoms with Crippen molar-refractivity contribution < 1.29 is 19.5 Å². The molecule has 0 aliphatic carbocycles. The van der Waals surface area contributed by atoms with Crippen molar-refractivity contribution in [1.29, 1.82) is 0 Å². The van der Waals surface area contributed by atoms with Gasteiger partial charge in [0, 0.05) is 6.54 Å². The Kier molecular flexibility index (Phi) is 6.38. The van der Waals surface area contributed by atoms with E-state index in [-0.39, 0.29) is 18.7 Å². The van der Waals surface area contributed by atoms with Gasteiger partial charge in [-0.1, -0.05) is 66.7 Å². The Bertz CT molecular complexity index is 1580. The van der Waals surface area contributed by atoms with Gasteiger partial charge in [0.15, 0.2) is 0 Å². The summed E-state index contributed by atoms with van der Waals surface area (Å²) in [6.07, 6.45) is 1.55. The number of hydrogen-bond acceptors (Lipinski definition) is 5. The molecule has 3 N–H and O–H groups in total. The van der Waals surface area contributed by atoms with Crippen LogP contribution in [0.5, 0.6) is 0 Å². The second-order valence-electron chi connectivity index (χ2n) is 9.42. The number of carbonyl (C=O) groups excluding carboxylic acids is 2. The average molecular weight is 507 g/mol. The molecule has 4 aromatic carbocycles. The fourth-order valence-corrected chi connectivity index (χ4v) is 4.93. The van der Waals surface area contributed by atoms with Gasteiger partial charge in [-0.2, -0.15) is 5.10 Å². The summed E-state index contributed by atoms with van der Waals surface area (Å²) < 4.78 is 0. The number of carboxylic acids is 1. The lowest BCUT2D eigenvalue weighted by Crippen LogP contribution is -2.44. The highest BCUT2D eigenvalue weighted by atomic mass is 16.4. The smallest absolute Gasteiger partial charge is 0.335 e. The molecule has 0 aromatic heterocycles. The monoisotopic (exact) mass is 506 g/mol. The minimum Gasteiger partial charge on any atom is -0.478 e. The third-order valence-electron chi connectivity index (χ3n) is 7.01. The lowest BCUT2D eigenvalue weighted by Gasteiger charge is -2.32. The van der Waals surface area contributed by atoms with Crippen LogP contribution in [0.4, 0.5) is 4.79 Å². The number of benzene rings is 4. The molecule has 1 heterocycles. The molecule has 1 unspecified atom stereocenters. The molecule has 38 heavy (non-hydrogen) atoms. The Hall–Kier alpha value is -4.98. The van der Waals surface area contributed by atoms with E-state index in [9.17, 15) is 19.5 Å². The molecule has 0 radical (unpaired) electrons. The summed E-state index contributed by atoms with van der Waals surface area (Å²) >= 11 is 0. The molecule has 0 spiro atoms.